The van der Waals surface area contributed by atoms with Gasteiger partial charge in [-0.05, 0) is 42.4 Å². The molecule has 0 bridgehead atoms. The number of alkyl halides is 3. The Hall–Kier alpha value is -0.880. The van der Waals surface area contributed by atoms with Gasteiger partial charge in [-0.3, -0.25) is 0 Å². The van der Waals surface area contributed by atoms with Crippen LogP contribution >= 0.6 is 11.8 Å². The fourth-order valence-electron chi connectivity index (χ4n) is 1.39. The molecule has 0 radical (unpaired) electrons. The van der Waals surface area contributed by atoms with E-state index < -0.39 is 5.51 Å². The lowest BCUT2D eigenvalue weighted by atomic mass is 10.1. The second kappa shape index (κ2) is 7.53. The van der Waals surface area contributed by atoms with Crippen molar-refractivity contribution in [1.29, 1.82) is 0 Å². The molecule has 0 saturated heterocycles. The lowest BCUT2D eigenvalue weighted by Crippen LogP contribution is -2.21. The second-order valence-corrected chi connectivity index (χ2v) is 4.80. The van der Waals surface area contributed by atoms with E-state index in [1.807, 2.05) is 24.3 Å². The van der Waals surface area contributed by atoms with Crippen LogP contribution in [0.25, 0.3) is 0 Å². The molecule has 1 aromatic rings. The Morgan fingerprint density at radius 3 is 2.39 bits per heavy atom. The van der Waals surface area contributed by atoms with Gasteiger partial charge in [0.2, 0.25) is 0 Å². The predicted molar refractivity (Wildman–Crippen MR) is 68.1 cm³/mol. The highest BCUT2D eigenvalue weighted by Gasteiger charge is 2.27. The zero-order valence-corrected chi connectivity index (χ0v) is 10.9. The molecule has 0 fully saturated rings. The molecule has 0 amide bonds. The largest absolute Gasteiger partial charge is 0.497 e. The standard InChI is InChI=1S/C12H16F3NOS/c1-17-11-4-2-10(3-5-11)6-7-16-8-9-18-12(13,14)15/h2-5,16H,6-9H2,1H3. The van der Waals surface area contributed by atoms with Gasteiger partial charge in [0.1, 0.15) is 5.75 Å². The molecule has 0 atom stereocenters. The first kappa shape index (κ1) is 15.2. The Balaban J connectivity index is 2.10. The van der Waals surface area contributed by atoms with Crippen LogP contribution in [-0.2, 0) is 6.42 Å². The highest BCUT2D eigenvalue weighted by Crippen LogP contribution is 2.29. The minimum Gasteiger partial charge on any atom is -0.497 e. The van der Waals surface area contributed by atoms with E-state index >= 15 is 0 Å². The number of hydrogen-bond acceptors (Lipinski definition) is 3. The van der Waals surface area contributed by atoms with Gasteiger partial charge in [0.25, 0.3) is 0 Å². The van der Waals surface area contributed by atoms with Crippen LogP contribution in [0.3, 0.4) is 0 Å². The minimum absolute atomic E-state index is 0.00572. The minimum atomic E-state index is -4.13. The van der Waals surface area contributed by atoms with Crippen LogP contribution in [0.15, 0.2) is 24.3 Å². The molecule has 18 heavy (non-hydrogen) atoms. The van der Waals surface area contributed by atoms with Gasteiger partial charge in [-0.2, -0.15) is 13.2 Å². The van der Waals surface area contributed by atoms with Crippen molar-refractivity contribution in [3.8, 4) is 5.75 Å². The van der Waals surface area contributed by atoms with Gasteiger partial charge in [-0.1, -0.05) is 12.1 Å². The smallest absolute Gasteiger partial charge is 0.441 e. The van der Waals surface area contributed by atoms with Gasteiger partial charge in [0.05, 0.1) is 7.11 Å². The van der Waals surface area contributed by atoms with Crippen LogP contribution in [0.4, 0.5) is 13.2 Å². The van der Waals surface area contributed by atoms with Crippen LogP contribution in [0, 0.1) is 0 Å². The third-order valence-electron chi connectivity index (χ3n) is 2.29. The Morgan fingerprint density at radius 1 is 1.17 bits per heavy atom. The molecule has 1 N–H and O–H groups in total. The topological polar surface area (TPSA) is 21.3 Å². The summed E-state index contributed by atoms with van der Waals surface area (Å²) in [7, 11) is 1.61. The molecule has 6 heteroatoms. The molecule has 0 aliphatic carbocycles. The van der Waals surface area contributed by atoms with Crippen LogP contribution in [-0.4, -0.2) is 31.5 Å². The Labute approximate surface area is 109 Å². The second-order valence-electron chi connectivity index (χ2n) is 3.64. The third kappa shape index (κ3) is 6.76. The van der Waals surface area contributed by atoms with E-state index in [1.165, 1.54) is 0 Å². The van der Waals surface area contributed by atoms with Gasteiger partial charge in [-0.25, -0.2) is 0 Å². The van der Waals surface area contributed by atoms with Crippen LogP contribution in [0.2, 0.25) is 0 Å². The summed E-state index contributed by atoms with van der Waals surface area (Å²) in [6.07, 6.45) is 0.792. The van der Waals surface area contributed by atoms with Crippen LogP contribution < -0.4 is 10.1 Å². The first-order valence-corrected chi connectivity index (χ1v) is 6.54. The summed E-state index contributed by atoms with van der Waals surface area (Å²) in [6.45, 7) is 1.03. The summed E-state index contributed by atoms with van der Waals surface area (Å²) in [5.41, 5.74) is -3.00. The van der Waals surface area contributed by atoms with Crippen molar-refractivity contribution >= 4 is 11.8 Å². The molecule has 1 aromatic carbocycles. The number of methoxy groups -OCH3 is 1. The molecular formula is C12H16F3NOS. The maximum Gasteiger partial charge on any atom is 0.441 e. The number of hydrogen-bond donors (Lipinski definition) is 1. The molecule has 0 unspecified atom stereocenters. The fourth-order valence-corrected chi connectivity index (χ4v) is 1.87. The normalized spacial score (nSPS) is 11.6. The van der Waals surface area contributed by atoms with E-state index in [1.54, 1.807) is 7.11 Å². The predicted octanol–water partition coefficient (Wildman–Crippen LogP) is 3.08. The SMILES string of the molecule is COc1ccc(CCNCCSC(F)(F)F)cc1. The molecule has 0 aliphatic rings. The van der Waals surface area contributed by atoms with Crippen LogP contribution in [0.5, 0.6) is 5.75 Å². The van der Waals surface area contributed by atoms with Crippen molar-refractivity contribution in [3.63, 3.8) is 0 Å². The van der Waals surface area contributed by atoms with Gasteiger partial charge in [-0.15, -0.1) is 0 Å². The highest BCUT2D eigenvalue weighted by molar-refractivity contribution is 8.00. The average Bonchev–Trinajstić information content (AvgIpc) is 2.33. The quantitative estimate of drug-likeness (QED) is 0.775. The van der Waals surface area contributed by atoms with E-state index in [0.717, 1.165) is 17.7 Å². The van der Waals surface area contributed by atoms with Crippen molar-refractivity contribution in [2.24, 2.45) is 0 Å². The van der Waals surface area contributed by atoms with Crippen LogP contribution in [0.1, 0.15) is 5.56 Å². The van der Waals surface area contributed by atoms with E-state index in [-0.39, 0.29) is 17.5 Å². The van der Waals surface area contributed by atoms with E-state index in [9.17, 15) is 13.2 Å². The maximum atomic E-state index is 11.8. The van der Waals surface area contributed by atoms with E-state index in [0.29, 0.717) is 13.1 Å². The average molecular weight is 279 g/mol. The Kier molecular flexibility index (Phi) is 6.35. The van der Waals surface area contributed by atoms with Gasteiger partial charge < -0.3 is 10.1 Å². The summed E-state index contributed by atoms with van der Waals surface area (Å²) in [6, 6.07) is 7.64. The molecule has 0 heterocycles. The summed E-state index contributed by atoms with van der Waals surface area (Å²) >= 11 is 0.00572. The molecule has 0 spiro atoms. The molecular weight excluding hydrogens is 263 g/mol. The lowest BCUT2D eigenvalue weighted by Gasteiger charge is -2.07. The Bertz CT molecular complexity index is 340. The molecule has 2 nitrogen and oxygen atoms in total. The number of rotatable bonds is 7. The molecule has 0 aromatic heterocycles. The summed E-state index contributed by atoms with van der Waals surface area (Å²) in [5, 5.41) is 2.98. The van der Waals surface area contributed by atoms with Gasteiger partial charge in [0.15, 0.2) is 0 Å². The Morgan fingerprint density at radius 2 is 1.83 bits per heavy atom. The zero-order chi connectivity index (χ0) is 13.4. The number of thioether (sulfide) groups is 1. The number of nitrogens with one attached hydrogen (secondary N) is 1. The highest BCUT2D eigenvalue weighted by atomic mass is 32.2. The van der Waals surface area contributed by atoms with Crippen molar-refractivity contribution in [2.75, 3.05) is 26.0 Å². The monoisotopic (exact) mass is 279 g/mol. The maximum absolute atomic E-state index is 11.8. The van der Waals surface area contributed by atoms with E-state index in [4.69, 9.17) is 4.74 Å². The summed E-state index contributed by atoms with van der Waals surface area (Å²) in [5.74, 6) is 0.847. The number of halogens is 3. The first-order valence-electron chi connectivity index (χ1n) is 5.55. The first-order chi connectivity index (χ1) is 8.51. The molecule has 0 aliphatic heterocycles. The lowest BCUT2D eigenvalue weighted by molar-refractivity contribution is -0.0327. The molecule has 0 saturated carbocycles. The summed E-state index contributed by atoms with van der Waals surface area (Å²) < 4.78 is 40.5. The zero-order valence-electron chi connectivity index (χ0n) is 10.1. The molecule has 102 valence electrons. The molecule has 1 rings (SSSR count). The third-order valence-corrected chi connectivity index (χ3v) is 3.03. The number of benzene rings is 1. The number of ether oxygens (including phenoxy) is 1. The summed E-state index contributed by atoms with van der Waals surface area (Å²) in [4.78, 5) is 0. The van der Waals surface area contributed by atoms with Gasteiger partial charge in [0, 0.05) is 12.3 Å². The van der Waals surface area contributed by atoms with Gasteiger partial charge >= 0.3 is 5.51 Å². The van der Waals surface area contributed by atoms with E-state index in [2.05, 4.69) is 5.32 Å². The van der Waals surface area contributed by atoms with Crippen molar-refractivity contribution in [3.05, 3.63) is 29.8 Å². The van der Waals surface area contributed by atoms with Crippen molar-refractivity contribution in [1.82, 2.24) is 5.32 Å². The van der Waals surface area contributed by atoms with Crippen molar-refractivity contribution in [2.45, 2.75) is 11.9 Å². The van der Waals surface area contributed by atoms with Crippen molar-refractivity contribution < 1.29 is 17.9 Å². The fraction of sp³-hybridized carbons (Fsp3) is 0.500.